The van der Waals surface area contributed by atoms with E-state index in [1.54, 1.807) is 13.3 Å². The summed E-state index contributed by atoms with van der Waals surface area (Å²) in [6.45, 7) is 5.17. The van der Waals surface area contributed by atoms with E-state index in [1.807, 2.05) is 19.9 Å². The Morgan fingerprint density at radius 3 is 2.64 bits per heavy atom. The molecule has 0 saturated heterocycles. The highest BCUT2D eigenvalue weighted by atomic mass is 16.5. The summed E-state index contributed by atoms with van der Waals surface area (Å²) in [7, 11) is 1.67. The van der Waals surface area contributed by atoms with Gasteiger partial charge in [0.1, 0.15) is 0 Å². The molecule has 1 aromatic heterocycles. The number of carbonyl (C=O) groups is 1. The minimum absolute atomic E-state index is 0.0706. The van der Waals surface area contributed by atoms with Crippen LogP contribution in [0.5, 0.6) is 0 Å². The summed E-state index contributed by atoms with van der Waals surface area (Å²) in [5.74, 6) is 0.177. The number of methoxy groups -OCH3 is 1. The van der Waals surface area contributed by atoms with Gasteiger partial charge in [-0.2, -0.15) is 0 Å². The Labute approximate surface area is 132 Å². The first kappa shape index (κ1) is 16.9. The Balaban J connectivity index is 1.82. The molecule has 0 aliphatic heterocycles. The van der Waals surface area contributed by atoms with Gasteiger partial charge in [-0.3, -0.25) is 9.78 Å². The second kappa shape index (κ2) is 8.25. The summed E-state index contributed by atoms with van der Waals surface area (Å²) in [4.78, 5) is 16.7. The van der Waals surface area contributed by atoms with Crippen LogP contribution in [-0.2, 0) is 14.3 Å². The number of nitrogens with zero attached hydrogens (tertiary/aromatic N) is 1. The second-order valence-corrected chi connectivity index (χ2v) is 5.91. The summed E-state index contributed by atoms with van der Waals surface area (Å²) in [6.07, 6.45) is 5.66. The molecule has 0 bridgehead atoms. The van der Waals surface area contributed by atoms with Crippen molar-refractivity contribution in [1.29, 1.82) is 0 Å². The molecule has 2 rings (SSSR count). The average molecular weight is 306 g/mol. The normalized spacial score (nSPS) is 21.6. The fourth-order valence-electron chi connectivity index (χ4n) is 2.90. The van der Waals surface area contributed by atoms with Gasteiger partial charge in [-0.15, -0.1) is 0 Å². The second-order valence-electron chi connectivity index (χ2n) is 5.91. The first-order chi connectivity index (χ1) is 10.6. The molecule has 0 unspecified atom stereocenters. The minimum Gasteiger partial charge on any atom is -0.382 e. The number of carbonyl (C=O) groups excluding carboxylic acids is 1. The predicted molar refractivity (Wildman–Crippen MR) is 85.9 cm³/mol. The van der Waals surface area contributed by atoms with Gasteiger partial charge < -0.3 is 14.8 Å². The maximum absolute atomic E-state index is 12.4. The van der Waals surface area contributed by atoms with E-state index < -0.39 is 0 Å². The zero-order valence-corrected chi connectivity index (χ0v) is 13.7. The molecule has 1 amide bonds. The first-order valence-corrected chi connectivity index (χ1v) is 7.95. The Morgan fingerprint density at radius 1 is 1.27 bits per heavy atom. The Kier molecular flexibility index (Phi) is 6.34. The number of aryl methyl sites for hydroxylation is 2. The summed E-state index contributed by atoms with van der Waals surface area (Å²) in [5, 5.41) is 3.05. The summed E-state index contributed by atoms with van der Waals surface area (Å²) < 4.78 is 10.7. The minimum atomic E-state index is 0.0706. The van der Waals surface area contributed by atoms with Gasteiger partial charge in [-0.1, -0.05) is 0 Å². The molecule has 1 fully saturated rings. The highest BCUT2D eigenvalue weighted by Crippen LogP contribution is 2.28. The van der Waals surface area contributed by atoms with Crippen molar-refractivity contribution in [3.8, 4) is 0 Å². The quantitative estimate of drug-likeness (QED) is 0.821. The van der Waals surface area contributed by atoms with Crippen LogP contribution in [0, 0.1) is 19.8 Å². The molecule has 1 aromatic rings. The third-order valence-corrected chi connectivity index (χ3v) is 4.28. The molecule has 1 aliphatic carbocycles. The fraction of sp³-hybridized carbons (Fsp3) is 0.647. The number of rotatable bonds is 6. The van der Waals surface area contributed by atoms with Gasteiger partial charge in [0.15, 0.2) is 0 Å². The van der Waals surface area contributed by atoms with Crippen LogP contribution in [0.3, 0.4) is 0 Å². The lowest BCUT2D eigenvalue weighted by atomic mass is 9.86. The van der Waals surface area contributed by atoms with Gasteiger partial charge in [0.05, 0.1) is 30.7 Å². The molecule has 0 atom stereocenters. The van der Waals surface area contributed by atoms with Crippen LogP contribution < -0.4 is 5.32 Å². The Bertz CT molecular complexity index is 476. The number of pyridine rings is 1. The Hall–Kier alpha value is -1.46. The number of hydrogen-bond acceptors (Lipinski definition) is 4. The van der Waals surface area contributed by atoms with Crippen molar-refractivity contribution in [3.05, 3.63) is 23.5 Å². The molecule has 1 N–H and O–H groups in total. The van der Waals surface area contributed by atoms with Crippen molar-refractivity contribution >= 4 is 11.6 Å². The van der Waals surface area contributed by atoms with Crippen LogP contribution in [0.4, 0.5) is 5.69 Å². The molecule has 1 heterocycles. The molecule has 0 spiro atoms. The number of nitrogens with one attached hydrogen (secondary N) is 1. The van der Waals surface area contributed by atoms with Gasteiger partial charge >= 0.3 is 0 Å². The average Bonchev–Trinajstić information content (AvgIpc) is 2.52. The van der Waals surface area contributed by atoms with Crippen LogP contribution in [0.1, 0.15) is 36.9 Å². The standard InChI is InChI=1S/C17H26N2O3/c1-12-8-9-18-13(2)16(12)19-17(20)14-4-6-15(7-5-14)22-11-10-21-3/h8-9,14-15H,4-7,10-11H2,1-3H3,(H,19,20). The van der Waals surface area contributed by atoms with Crippen molar-refractivity contribution in [2.45, 2.75) is 45.6 Å². The van der Waals surface area contributed by atoms with Crippen molar-refractivity contribution in [2.24, 2.45) is 5.92 Å². The van der Waals surface area contributed by atoms with Crippen molar-refractivity contribution in [2.75, 3.05) is 25.6 Å². The maximum atomic E-state index is 12.4. The van der Waals surface area contributed by atoms with Gasteiger partial charge in [0, 0.05) is 19.2 Å². The maximum Gasteiger partial charge on any atom is 0.227 e. The molecule has 5 nitrogen and oxygen atoms in total. The highest BCUT2D eigenvalue weighted by molar-refractivity contribution is 5.93. The van der Waals surface area contributed by atoms with E-state index in [1.165, 1.54) is 0 Å². The first-order valence-electron chi connectivity index (χ1n) is 7.95. The lowest BCUT2D eigenvalue weighted by Gasteiger charge is -2.28. The lowest BCUT2D eigenvalue weighted by molar-refractivity contribution is -0.121. The summed E-state index contributed by atoms with van der Waals surface area (Å²) in [6, 6.07) is 1.92. The molecule has 122 valence electrons. The molecule has 22 heavy (non-hydrogen) atoms. The summed E-state index contributed by atoms with van der Waals surface area (Å²) >= 11 is 0. The molecule has 0 radical (unpaired) electrons. The highest BCUT2D eigenvalue weighted by Gasteiger charge is 2.27. The van der Waals surface area contributed by atoms with Crippen LogP contribution >= 0.6 is 0 Å². The predicted octanol–water partition coefficient (Wildman–Crippen LogP) is 2.86. The third kappa shape index (κ3) is 4.52. The van der Waals surface area contributed by atoms with E-state index in [0.29, 0.717) is 13.2 Å². The zero-order valence-electron chi connectivity index (χ0n) is 13.7. The smallest absolute Gasteiger partial charge is 0.227 e. The van der Waals surface area contributed by atoms with Crippen LogP contribution in [-0.4, -0.2) is 37.3 Å². The Morgan fingerprint density at radius 2 is 2.00 bits per heavy atom. The van der Waals surface area contributed by atoms with E-state index in [0.717, 1.165) is 42.6 Å². The number of amides is 1. The van der Waals surface area contributed by atoms with Crippen LogP contribution in [0.15, 0.2) is 12.3 Å². The van der Waals surface area contributed by atoms with Crippen molar-refractivity contribution in [1.82, 2.24) is 4.98 Å². The molecule has 1 saturated carbocycles. The monoisotopic (exact) mass is 306 g/mol. The lowest BCUT2D eigenvalue weighted by Crippen LogP contribution is -2.30. The van der Waals surface area contributed by atoms with Crippen molar-refractivity contribution < 1.29 is 14.3 Å². The van der Waals surface area contributed by atoms with Gasteiger partial charge in [-0.25, -0.2) is 0 Å². The van der Waals surface area contributed by atoms with E-state index in [9.17, 15) is 4.79 Å². The van der Waals surface area contributed by atoms with Gasteiger partial charge in [-0.05, 0) is 51.2 Å². The number of anilines is 1. The fourth-order valence-corrected chi connectivity index (χ4v) is 2.90. The SMILES string of the molecule is COCCOC1CCC(C(=O)Nc2c(C)ccnc2C)CC1. The molecular formula is C17H26N2O3. The van der Waals surface area contributed by atoms with Crippen LogP contribution in [0.25, 0.3) is 0 Å². The largest absolute Gasteiger partial charge is 0.382 e. The molecule has 5 heteroatoms. The number of hydrogen-bond donors (Lipinski definition) is 1. The number of ether oxygens (including phenoxy) is 2. The van der Waals surface area contributed by atoms with Gasteiger partial charge in [0.2, 0.25) is 5.91 Å². The van der Waals surface area contributed by atoms with E-state index in [4.69, 9.17) is 9.47 Å². The van der Waals surface area contributed by atoms with Crippen molar-refractivity contribution in [3.63, 3.8) is 0 Å². The topological polar surface area (TPSA) is 60.5 Å². The van der Waals surface area contributed by atoms with Gasteiger partial charge in [0.25, 0.3) is 0 Å². The van der Waals surface area contributed by atoms with E-state index in [2.05, 4.69) is 10.3 Å². The zero-order chi connectivity index (χ0) is 15.9. The summed E-state index contributed by atoms with van der Waals surface area (Å²) in [5.41, 5.74) is 2.77. The third-order valence-electron chi connectivity index (χ3n) is 4.28. The molecule has 0 aromatic carbocycles. The molecular weight excluding hydrogens is 280 g/mol. The number of aromatic nitrogens is 1. The molecule has 1 aliphatic rings. The van der Waals surface area contributed by atoms with Crippen LogP contribution in [0.2, 0.25) is 0 Å². The van der Waals surface area contributed by atoms with E-state index >= 15 is 0 Å². The van der Waals surface area contributed by atoms with E-state index in [-0.39, 0.29) is 17.9 Å².